The lowest BCUT2D eigenvalue weighted by Gasteiger charge is -2.30. The van der Waals surface area contributed by atoms with E-state index < -0.39 is 0 Å². The summed E-state index contributed by atoms with van der Waals surface area (Å²) in [5.74, 6) is 1.19. The Bertz CT molecular complexity index is 1390. The van der Waals surface area contributed by atoms with Gasteiger partial charge in [0, 0.05) is 25.5 Å². The summed E-state index contributed by atoms with van der Waals surface area (Å²) in [7, 11) is 1.56. The number of H-pyrrole nitrogens is 1. The summed E-state index contributed by atoms with van der Waals surface area (Å²) in [6.45, 7) is 2.47. The third-order valence-electron chi connectivity index (χ3n) is 6.21. The van der Waals surface area contributed by atoms with E-state index in [1.54, 1.807) is 25.4 Å². The van der Waals surface area contributed by atoms with Gasteiger partial charge in [0.05, 0.1) is 21.8 Å². The second-order valence-corrected chi connectivity index (χ2v) is 8.22. The summed E-state index contributed by atoms with van der Waals surface area (Å²) in [5, 5.41) is 7.67. The van der Waals surface area contributed by atoms with Crippen molar-refractivity contribution in [2.24, 2.45) is 5.92 Å². The summed E-state index contributed by atoms with van der Waals surface area (Å²) < 4.78 is 8.21. The first-order valence-corrected chi connectivity index (χ1v) is 10.5. The molecule has 31 heavy (non-hydrogen) atoms. The van der Waals surface area contributed by atoms with E-state index in [0.29, 0.717) is 33.5 Å². The summed E-state index contributed by atoms with van der Waals surface area (Å²) in [6.07, 6.45) is 7.89. The maximum absolute atomic E-state index is 13.3. The van der Waals surface area contributed by atoms with Crippen molar-refractivity contribution in [1.29, 1.82) is 0 Å². The normalized spacial score (nSPS) is 19.3. The Morgan fingerprint density at radius 1 is 1.06 bits per heavy atom. The Kier molecular flexibility index (Phi) is 4.90. The Morgan fingerprint density at radius 3 is 2.58 bits per heavy atom. The number of methoxy groups -OCH3 is 1. The van der Waals surface area contributed by atoms with Gasteiger partial charge < -0.3 is 9.30 Å². The molecule has 1 aliphatic rings. The van der Waals surface area contributed by atoms with Crippen LogP contribution in [0.15, 0.2) is 40.2 Å². The standard InChI is InChI=1S/C22H24N6O3/c1-13-5-3-4-6-18(13)27-9-7-16-14(20(27)29)11-15-17(23-16)8-10-28(21(15)30)22-24-19(12-31-2)25-26-22/h7-11,13,18H,3-6,12H2,1-2H3,(H,24,25,26)/t13-,18+/m0/s1. The van der Waals surface area contributed by atoms with Crippen molar-refractivity contribution in [3.8, 4) is 5.95 Å². The Hall–Kier alpha value is -3.33. The molecule has 1 aliphatic carbocycles. The van der Waals surface area contributed by atoms with Gasteiger partial charge in [-0.2, -0.15) is 4.98 Å². The highest BCUT2D eigenvalue weighted by atomic mass is 16.5. The number of nitrogens with one attached hydrogen (secondary N) is 1. The Labute approximate surface area is 177 Å². The number of rotatable bonds is 4. The molecule has 5 rings (SSSR count). The van der Waals surface area contributed by atoms with Crippen molar-refractivity contribution >= 4 is 21.8 Å². The molecular formula is C22H24N6O3. The van der Waals surface area contributed by atoms with E-state index in [2.05, 4.69) is 27.1 Å². The molecule has 1 fully saturated rings. The second kappa shape index (κ2) is 7.73. The maximum atomic E-state index is 13.3. The van der Waals surface area contributed by atoms with Crippen molar-refractivity contribution in [3.63, 3.8) is 0 Å². The van der Waals surface area contributed by atoms with Gasteiger partial charge in [-0.05, 0) is 37.0 Å². The van der Waals surface area contributed by atoms with Crippen LogP contribution < -0.4 is 11.1 Å². The van der Waals surface area contributed by atoms with Crippen molar-refractivity contribution in [3.05, 3.63) is 57.1 Å². The Balaban J connectivity index is 1.66. The van der Waals surface area contributed by atoms with Gasteiger partial charge in [0.1, 0.15) is 6.61 Å². The van der Waals surface area contributed by atoms with Crippen LogP contribution in [0.5, 0.6) is 0 Å². The molecule has 4 aromatic heterocycles. The zero-order valence-electron chi connectivity index (χ0n) is 17.5. The molecule has 2 atom stereocenters. The zero-order chi connectivity index (χ0) is 21.5. The van der Waals surface area contributed by atoms with E-state index in [0.717, 1.165) is 19.3 Å². The van der Waals surface area contributed by atoms with Crippen molar-refractivity contribution in [2.75, 3.05) is 7.11 Å². The lowest BCUT2D eigenvalue weighted by atomic mass is 9.85. The van der Waals surface area contributed by atoms with Gasteiger partial charge in [-0.3, -0.25) is 14.7 Å². The number of hydrogen-bond acceptors (Lipinski definition) is 6. The van der Waals surface area contributed by atoms with Crippen LogP contribution in [0.4, 0.5) is 0 Å². The van der Waals surface area contributed by atoms with Gasteiger partial charge in [0.2, 0.25) is 0 Å². The summed E-state index contributed by atoms with van der Waals surface area (Å²) in [6, 6.07) is 5.44. The van der Waals surface area contributed by atoms with Crippen LogP contribution in [-0.2, 0) is 11.3 Å². The molecule has 0 aliphatic heterocycles. The molecule has 0 saturated heterocycles. The maximum Gasteiger partial charge on any atom is 0.267 e. The quantitative estimate of drug-likeness (QED) is 0.509. The fourth-order valence-electron chi connectivity index (χ4n) is 4.56. The number of hydrogen-bond donors (Lipinski definition) is 1. The smallest absolute Gasteiger partial charge is 0.267 e. The number of nitrogens with zero attached hydrogens (tertiary/aromatic N) is 5. The van der Waals surface area contributed by atoms with E-state index in [1.807, 2.05) is 16.8 Å². The molecule has 160 valence electrons. The molecule has 0 unspecified atom stereocenters. The highest BCUT2D eigenvalue weighted by molar-refractivity contribution is 5.91. The van der Waals surface area contributed by atoms with Crippen LogP contribution in [-0.4, -0.2) is 36.4 Å². The lowest BCUT2D eigenvalue weighted by molar-refractivity contribution is 0.178. The molecule has 0 spiro atoms. The van der Waals surface area contributed by atoms with E-state index >= 15 is 0 Å². The highest BCUT2D eigenvalue weighted by Gasteiger charge is 2.24. The molecular weight excluding hydrogens is 396 g/mol. The SMILES string of the molecule is COCc1nc(-n2ccc3nc4ccn([C@@H]5CCCC[C@@H]5C)c(=O)c4cc3c2=O)n[nH]1. The van der Waals surface area contributed by atoms with Crippen LogP contribution in [0.2, 0.25) is 0 Å². The second-order valence-electron chi connectivity index (χ2n) is 8.22. The molecule has 4 heterocycles. The van der Waals surface area contributed by atoms with Crippen LogP contribution in [0, 0.1) is 5.92 Å². The number of aromatic nitrogens is 6. The van der Waals surface area contributed by atoms with Crippen molar-refractivity contribution < 1.29 is 4.74 Å². The van der Waals surface area contributed by atoms with Crippen LogP contribution in [0.1, 0.15) is 44.5 Å². The van der Waals surface area contributed by atoms with Crippen LogP contribution in [0.25, 0.3) is 27.8 Å². The minimum Gasteiger partial charge on any atom is -0.377 e. The summed E-state index contributed by atoms with van der Waals surface area (Å²) >= 11 is 0. The number of fused-ring (bicyclic) bond motifs is 2. The third-order valence-corrected chi connectivity index (χ3v) is 6.21. The Morgan fingerprint density at radius 2 is 1.81 bits per heavy atom. The van der Waals surface area contributed by atoms with Gasteiger partial charge in [-0.25, -0.2) is 9.55 Å². The van der Waals surface area contributed by atoms with E-state index in [-0.39, 0.29) is 29.7 Å². The molecule has 0 radical (unpaired) electrons. The average Bonchev–Trinajstić information content (AvgIpc) is 3.23. The predicted octanol–water partition coefficient (Wildman–Crippen LogP) is 2.72. The van der Waals surface area contributed by atoms with Crippen molar-refractivity contribution in [2.45, 2.75) is 45.3 Å². The molecule has 0 bridgehead atoms. The van der Waals surface area contributed by atoms with Crippen LogP contribution >= 0.6 is 0 Å². The monoisotopic (exact) mass is 420 g/mol. The summed E-state index contributed by atoms with van der Waals surface area (Å²) in [4.78, 5) is 35.4. The number of pyridine rings is 3. The number of ether oxygens (including phenoxy) is 1. The molecule has 0 amide bonds. The first kappa shape index (κ1) is 19.6. The van der Waals surface area contributed by atoms with Crippen molar-refractivity contribution in [1.82, 2.24) is 29.3 Å². The zero-order valence-corrected chi connectivity index (χ0v) is 17.5. The van der Waals surface area contributed by atoms with Gasteiger partial charge in [-0.1, -0.05) is 19.8 Å². The summed E-state index contributed by atoms with van der Waals surface area (Å²) in [5.41, 5.74) is 0.704. The molecule has 9 heteroatoms. The van der Waals surface area contributed by atoms with E-state index in [9.17, 15) is 9.59 Å². The highest BCUT2D eigenvalue weighted by Crippen LogP contribution is 2.32. The third kappa shape index (κ3) is 3.34. The van der Waals surface area contributed by atoms with Gasteiger partial charge >= 0.3 is 0 Å². The molecule has 1 N–H and O–H groups in total. The minimum absolute atomic E-state index is 0.0965. The molecule has 0 aromatic carbocycles. The number of aromatic amines is 1. The fraction of sp³-hybridized carbons (Fsp3) is 0.409. The molecule has 9 nitrogen and oxygen atoms in total. The predicted molar refractivity (Wildman–Crippen MR) is 116 cm³/mol. The van der Waals surface area contributed by atoms with Crippen LogP contribution in [0.3, 0.4) is 0 Å². The fourth-order valence-corrected chi connectivity index (χ4v) is 4.56. The average molecular weight is 420 g/mol. The molecule has 1 saturated carbocycles. The molecule has 4 aromatic rings. The first-order valence-electron chi connectivity index (χ1n) is 10.5. The largest absolute Gasteiger partial charge is 0.377 e. The first-order chi connectivity index (χ1) is 15.1. The van der Waals surface area contributed by atoms with E-state index in [4.69, 9.17) is 4.74 Å². The van der Waals surface area contributed by atoms with E-state index in [1.165, 1.54) is 11.0 Å². The minimum atomic E-state index is -0.323. The van der Waals surface area contributed by atoms with Gasteiger partial charge in [-0.15, -0.1) is 5.10 Å². The topological polar surface area (TPSA) is 108 Å². The lowest BCUT2D eigenvalue weighted by Crippen LogP contribution is -2.30. The van der Waals surface area contributed by atoms with Gasteiger partial charge in [0.25, 0.3) is 17.1 Å². The van der Waals surface area contributed by atoms with Gasteiger partial charge in [0.15, 0.2) is 5.82 Å².